The molecule has 100 valence electrons. The van der Waals surface area contributed by atoms with Crippen molar-refractivity contribution in [1.82, 2.24) is 0 Å². The Morgan fingerprint density at radius 1 is 0.812 bits per heavy atom. The number of aliphatic hydroxyl groups excluding tert-OH is 4. The van der Waals surface area contributed by atoms with Gasteiger partial charge in [-0.3, -0.25) is 0 Å². The van der Waals surface area contributed by atoms with Crippen LogP contribution in [0.3, 0.4) is 0 Å². The van der Waals surface area contributed by atoms with Crippen molar-refractivity contribution in [2.45, 2.75) is 40.0 Å². The molecule has 0 atom stereocenters. The second kappa shape index (κ2) is 11.3. The van der Waals surface area contributed by atoms with Crippen LogP contribution in [0.15, 0.2) is 0 Å². The standard InChI is InChI=1S/C7H16O2.C5H12O2/c1-3-7(4-2,5-8)6-9;1-2-5(3-6)4-7/h8-9H,3-6H2,1-2H3;5-7H,2-4H2,1H3. The first kappa shape index (κ1) is 18.2. The highest BCUT2D eigenvalue weighted by Crippen LogP contribution is 2.23. The van der Waals surface area contributed by atoms with E-state index in [0.29, 0.717) is 0 Å². The molecule has 0 unspecified atom stereocenters. The Labute approximate surface area is 98.9 Å². The molecule has 16 heavy (non-hydrogen) atoms. The normalized spacial score (nSPS) is 11.2. The van der Waals surface area contributed by atoms with Crippen LogP contribution in [0.25, 0.3) is 0 Å². The van der Waals surface area contributed by atoms with E-state index in [0.717, 1.165) is 19.3 Å². The van der Waals surface area contributed by atoms with Gasteiger partial charge in [0, 0.05) is 24.5 Å². The maximum Gasteiger partial charge on any atom is 0.0509 e. The van der Waals surface area contributed by atoms with E-state index in [1.165, 1.54) is 0 Å². The highest BCUT2D eigenvalue weighted by atomic mass is 16.3. The van der Waals surface area contributed by atoms with E-state index < -0.39 is 0 Å². The van der Waals surface area contributed by atoms with Crippen LogP contribution in [0.4, 0.5) is 0 Å². The molecule has 4 heteroatoms. The maximum absolute atomic E-state index is 8.82. The van der Waals surface area contributed by atoms with Crippen LogP contribution in [0.1, 0.15) is 40.0 Å². The van der Waals surface area contributed by atoms with E-state index in [-0.39, 0.29) is 37.8 Å². The van der Waals surface area contributed by atoms with Gasteiger partial charge in [-0.15, -0.1) is 0 Å². The number of aliphatic hydroxyl groups is 4. The molecular weight excluding hydrogens is 208 g/mol. The predicted molar refractivity (Wildman–Crippen MR) is 65.1 cm³/mol. The molecule has 0 spiro atoms. The zero-order valence-corrected chi connectivity index (χ0v) is 10.8. The third kappa shape index (κ3) is 7.17. The Morgan fingerprint density at radius 2 is 1.19 bits per heavy atom. The van der Waals surface area contributed by atoms with Crippen molar-refractivity contribution in [3.8, 4) is 0 Å². The summed E-state index contributed by atoms with van der Waals surface area (Å²) < 4.78 is 0. The molecule has 0 heterocycles. The maximum atomic E-state index is 8.82. The summed E-state index contributed by atoms with van der Waals surface area (Å²) in [5.74, 6) is 0.0972. The Hall–Kier alpha value is -0.160. The van der Waals surface area contributed by atoms with E-state index in [4.69, 9.17) is 20.4 Å². The lowest BCUT2D eigenvalue weighted by atomic mass is 9.84. The zero-order valence-electron chi connectivity index (χ0n) is 10.8. The van der Waals surface area contributed by atoms with Crippen LogP contribution in [-0.4, -0.2) is 46.9 Å². The van der Waals surface area contributed by atoms with E-state index in [1.54, 1.807) is 0 Å². The molecule has 0 bridgehead atoms. The molecule has 0 saturated carbocycles. The third-order valence-electron chi connectivity index (χ3n) is 3.26. The quantitative estimate of drug-likeness (QED) is 0.526. The molecule has 0 rings (SSSR count). The van der Waals surface area contributed by atoms with Gasteiger partial charge in [0.2, 0.25) is 0 Å². The zero-order chi connectivity index (χ0) is 13.0. The van der Waals surface area contributed by atoms with Gasteiger partial charge in [-0.1, -0.05) is 20.8 Å². The highest BCUT2D eigenvalue weighted by Gasteiger charge is 2.23. The van der Waals surface area contributed by atoms with Gasteiger partial charge < -0.3 is 20.4 Å². The third-order valence-corrected chi connectivity index (χ3v) is 3.26. The van der Waals surface area contributed by atoms with Gasteiger partial charge in [0.05, 0.1) is 13.2 Å². The predicted octanol–water partition coefficient (Wildman–Crippen LogP) is 0.775. The summed E-state index contributed by atoms with van der Waals surface area (Å²) in [6.07, 6.45) is 2.54. The van der Waals surface area contributed by atoms with Crippen molar-refractivity contribution in [1.29, 1.82) is 0 Å². The van der Waals surface area contributed by atoms with Crippen LogP contribution in [0, 0.1) is 11.3 Å². The van der Waals surface area contributed by atoms with Crippen LogP contribution < -0.4 is 0 Å². The molecule has 0 radical (unpaired) electrons. The van der Waals surface area contributed by atoms with Crippen molar-refractivity contribution in [3.63, 3.8) is 0 Å². The topological polar surface area (TPSA) is 80.9 Å². The minimum absolute atomic E-state index is 0.0938. The van der Waals surface area contributed by atoms with Gasteiger partial charge in [-0.2, -0.15) is 0 Å². The summed E-state index contributed by atoms with van der Waals surface area (Å²) in [5, 5.41) is 34.4. The summed E-state index contributed by atoms with van der Waals surface area (Å²) >= 11 is 0. The molecule has 0 saturated heterocycles. The minimum Gasteiger partial charge on any atom is -0.396 e. The number of hydrogen-bond donors (Lipinski definition) is 4. The highest BCUT2D eigenvalue weighted by molar-refractivity contribution is 4.73. The lowest BCUT2D eigenvalue weighted by Crippen LogP contribution is -2.27. The van der Waals surface area contributed by atoms with Crippen molar-refractivity contribution >= 4 is 0 Å². The monoisotopic (exact) mass is 236 g/mol. The molecule has 0 aromatic heterocycles. The Morgan fingerprint density at radius 3 is 1.19 bits per heavy atom. The first-order chi connectivity index (χ1) is 7.59. The number of hydrogen-bond acceptors (Lipinski definition) is 4. The second-order valence-corrected chi connectivity index (χ2v) is 4.16. The molecule has 0 aliphatic carbocycles. The van der Waals surface area contributed by atoms with Gasteiger partial charge in [0.25, 0.3) is 0 Å². The summed E-state index contributed by atoms with van der Waals surface area (Å²) in [6.45, 7) is 6.30. The van der Waals surface area contributed by atoms with E-state index in [1.807, 2.05) is 20.8 Å². The smallest absolute Gasteiger partial charge is 0.0509 e. The summed E-state index contributed by atoms with van der Waals surface area (Å²) in [7, 11) is 0. The lowest BCUT2D eigenvalue weighted by Gasteiger charge is -2.25. The summed E-state index contributed by atoms with van der Waals surface area (Å²) in [6, 6.07) is 0. The molecule has 0 aliphatic heterocycles. The number of rotatable bonds is 7. The first-order valence-electron chi connectivity index (χ1n) is 6.03. The first-order valence-corrected chi connectivity index (χ1v) is 6.03. The molecule has 0 aromatic carbocycles. The van der Waals surface area contributed by atoms with Crippen LogP contribution in [0.5, 0.6) is 0 Å². The second-order valence-electron chi connectivity index (χ2n) is 4.16. The molecule has 0 amide bonds. The Bertz CT molecular complexity index is 108. The average molecular weight is 236 g/mol. The Kier molecular flexibility index (Phi) is 12.9. The van der Waals surface area contributed by atoms with Crippen LogP contribution >= 0.6 is 0 Å². The largest absolute Gasteiger partial charge is 0.396 e. The summed E-state index contributed by atoms with van der Waals surface area (Å²) in [4.78, 5) is 0. The SMILES string of the molecule is CCC(CC)(CO)CO.CCC(CO)CO. The summed E-state index contributed by atoms with van der Waals surface area (Å²) in [5.41, 5.74) is -0.222. The van der Waals surface area contributed by atoms with Gasteiger partial charge in [-0.25, -0.2) is 0 Å². The Balaban J connectivity index is 0. The molecule has 4 nitrogen and oxygen atoms in total. The minimum atomic E-state index is -0.222. The van der Waals surface area contributed by atoms with Crippen LogP contribution in [-0.2, 0) is 0 Å². The fraction of sp³-hybridized carbons (Fsp3) is 1.00. The fourth-order valence-electron chi connectivity index (χ4n) is 1.06. The average Bonchev–Trinajstić information content (AvgIpc) is 2.36. The molecular formula is C12H28O4. The molecule has 4 N–H and O–H groups in total. The molecule has 0 aliphatic rings. The van der Waals surface area contributed by atoms with Crippen LogP contribution in [0.2, 0.25) is 0 Å². The van der Waals surface area contributed by atoms with E-state index >= 15 is 0 Å². The van der Waals surface area contributed by atoms with Gasteiger partial charge in [-0.05, 0) is 19.3 Å². The lowest BCUT2D eigenvalue weighted by molar-refractivity contribution is 0.0480. The van der Waals surface area contributed by atoms with E-state index in [9.17, 15) is 0 Å². The van der Waals surface area contributed by atoms with Crippen molar-refractivity contribution < 1.29 is 20.4 Å². The van der Waals surface area contributed by atoms with Crippen molar-refractivity contribution in [3.05, 3.63) is 0 Å². The van der Waals surface area contributed by atoms with Crippen molar-refractivity contribution in [2.75, 3.05) is 26.4 Å². The molecule has 0 aromatic rings. The van der Waals surface area contributed by atoms with Crippen molar-refractivity contribution in [2.24, 2.45) is 11.3 Å². The molecule has 0 fully saturated rings. The fourth-order valence-corrected chi connectivity index (χ4v) is 1.06. The van der Waals surface area contributed by atoms with E-state index in [2.05, 4.69) is 0 Å². The van der Waals surface area contributed by atoms with Gasteiger partial charge in [0.15, 0.2) is 0 Å². The van der Waals surface area contributed by atoms with Gasteiger partial charge in [0.1, 0.15) is 0 Å². The van der Waals surface area contributed by atoms with Gasteiger partial charge >= 0.3 is 0 Å².